The van der Waals surface area contributed by atoms with E-state index in [2.05, 4.69) is 31.3 Å². The predicted molar refractivity (Wildman–Crippen MR) is 265 cm³/mol. The number of carbonyl (C=O) groups is 2. The number of aliphatic hydroxyl groups is 4. The maximum Gasteiger partial charge on any atom is 0.338 e. The first-order chi connectivity index (χ1) is 31.8. The molecule has 1 saturated heterocycles. The van der Waals surface area contributed by atoms with Gasteiger partial charge in [0.2, 0.25) is 5.91 Å². The number of unbranched alkanes of at least 4 members (excludes halogenated alkanes) is 28. The summed E-state index contributed by atoms with van der Waals surface area (Å²) in [4.78, 5) is 26.9. The van der Waals surface area contributed by atoms with Crippen molar-refractivity contribution in [3.8, 4) is 0 Å². The van der Waals surface area contributed by atoms with Crippen molar-refractivity contribution in [1.29, 1.82) is 0 Å². The van der Waals surface area contributed by atoms with E-state index in [9.17, 15) is 30.0 Å². The predicted octanol–water partition coefficient (Wildman–Crippen LogP) is 12.1. The first-order valence-electron chi connectivity index (χ1n) is 26.6. The number of allylic oxidation sites excluding steroid dienone is 3. The fraction of sp³-hybridized carbons (Fsp3) is 0.782. The Morgan fingerprint density at radius 1 is 0.600 bits per heavy atom. The Labute approximate surface area is 395 Å². The molecule has 0 aromatic heterocycles. The van der Waals surface area contributed by atoms with Gasteiger partial charge in [-0.25, -0.2) is 4.79 Å². The standard InChI is InChI=1S/C55H95NO9/c1-3-5-7-9-11-13-15-17-18-19-20-21-22-23-24-26-28-30-32-34-39-43-50(58)56-47(45-63-55-53(61)52(60)51(59)49(44-57)65-55)48(64-54(62)46-40-36-35-37-41-46)42-38-33-31-29-27-25-16-14-12-10-8-6-4-2/h17-18,35-38,40-42,47-49,51-53,55,57,59-61H,3-16,19-34,39,43-45H2,1-2H3,(H,56,58)/b18-17+,42-38+/t47-,48+,49+,51-,52-,53+,55-/m0/s1. The smallest absolute Gasteiger partial charge is 0.338 e. The van der Waals surface area contributed by atoms with Crippen LogP contribution < -0.4 is 5.32 Å². The van der Waals surface area contributed by atoms with Gasteiger partial charge < -0.3 is 40.0 Å². The summed E-state index contributed by atoms with van der Waals surface area (Å²) in [5.41, 5.74) is 0.369. The highest BCUT2D eigenvalue weighted by Gasteiger charge is 2.44. The second-order valence-electron chi connectivity index (χ2n) is 18.6. The second kappa shape index (κ2) is 40.5. The van der Waals surface area contributed by atoms with Crippen LogP contribution in [-0.2, 0) is 19.0 Å². The molecule has 65 heavy (non-hydrogen) atoms. The Bertz CT molecular complexity index is 1320. The SMILES string of the molecule is CCCCCCCC/C=C/CCCCCCCCCCCCCC(=O)N[C@@H](CO[C@H]1O[C@H](CO)[C@H](O)[C@H](O)[C@H]1O)[C@@H](/C=C/CCCCCCCCCCCCC)OC(=O)c1ccccc1. The number of nitrogens with one attached hydrogen (secondary N) is 1. The fourth-order valence-electron chi connectivity index (χ4n) is 8.50. The number of rotatable bonds is 42. The molecule has 10 nitrogen and oxygen atoms in total. The molecule has 1 fully saturated rings. The lowest BCUT2D eigenvalue weighted by molar-refractivity contribution is -0.302. The van der Waals surface area contributed by atoms with Crippen LogP contribution >= 0.6 is 0 Å². The monoisotopic (exact) mass is 914 g/mol. The largest absolute Gasteiger partial charge is 0.452 e. The zero-order valence-corrected chi connectivity index (χ0v) is 41.1. The number of ether oxygens (including phenoxy) is 3. The van der Waals surface area contributed by atoms with E-state index in [0.717, 1.165) is 44.9 Å². The molecule has 0 radical (unpaired) electrons. The van der Waals surface area contributed by atoms with Crippen LogP contribution in [0.2, 0.25) is 0 Å². The lowest BCUT2D eigenvalue weighted by Crippen LogP contribution is -2.60. The number of hydrogen-bond acceptors (Lipinski definition) is 9. The first kappa shape index (κ1) is 58.5. The van der Waals surface area contributed by atoms with Crippen LogP contribution in [0.4, 0.5) is 0 Å². The van der Waals surface area contributed by atoms with Crippen LogP contribution in [0.5, 0.6) is 0 Å². The lowest BCUT2D eigenvalue weighted by atomic mass is 9.99. The molecule has 1 aliphatic rings. The molecule has 374 valence electrons. The maximum atomic E-state index is 13.5. The molecule has 1 amide bonds. The fourth-order valence-corrected chi connectivity index (χ4v) is 8.50. The van der Waals surface area contributed by atoms with E-state index in [1.54, 1.807) is 30.3 Å². The number of esters is 1. The van der Waals surface area contributed by atoms with Crippen LogP contribution in [0.3, 0.4) is 0 Å². The van der Waals surface area contributed by atoms with E-state index in [0.29, 0.717) is 12.0 Å². The summed E-state index contributed by atoms with van der Waals surface area (Å²) < 4.78 is 17.6. The minimum atomic E-state index is -1.61. The van der Waals surface area contributed by atoms with Crippen molar-refractivity contribution in [2.45, 2.75) is 262 Å². The highest BCUT2D eigenvalue weighted by atomic mass is 16.7. The van der Waals surface area contributed by atoms with Gasteiger partial charge in [-0.3, -0.25) is 4.79 Å². The molecule has 7 atom stereocenters. The van der Waals surface area contributed by atoms with Crippen LogP contribution in [0.25, 0.3) is 0 Å². The lowest BCUT2D eigenvalue weighted by Gasteiger charge is -2.40. The summed E-state index contributed by atoms with van der Waals surface area (Å²) in [6.45, 7) is 3.68. The molecule has 5 N–H and O–H groups in total. The van der Waals surface area contributed by atoms with Crippen molar-refractivity contribution in [2.24, 2.45) is 0 Å². The summed E-state index contributed by atoms with van der Waals surface area (Å²) in [6, 6.07) is 7.82. The van der Waals surface area contributed by atoms with Gasteiger partial charge in [-0.1, -0.05) is 204 Å². The minimum Gasteiger partial charge on any atom is -0.452 e. The quantitative estimate of drug-likeness (QED) is 0.0245. The maximum absolute atomic E-state index is 13.5. The number of benzene rings is 1. The average molecular weight is 914 g/mol. The first-order valence-corrected chi connectivity index (χ1v) is 26.6. The number of aliphatic hydroxyl groups excluding tert-OH is 4. The molecule has 1 aromatic carbocycles. The Kier molecular flexibility index (Phi) is 36.4. The molecule has 1 aliphatic heterocycles. The molecule has 0 spiro atoms. The normalized spacial score (nSPS) is 19.8. The summed E-state index contributed by atoms with van der Waals surface area (Å²) >= 11 is 0. The second-order valence-corrected chi connectivity index (χ2v) is 18.6. The van der Waals surface area contributed by atoms with Gasteiger partial charge in [0.05, 0.1) is 24.8 Å². The molecule has 0 bridgehead atoms. The van der Waals surface area contributed by atoms with E-state index in [1.165, 1.54) is 154 Å². The summed E-state index contributed by atoms with van der Waals surface area (Å²) in [5, 5.41) is 44.1. The highest BCUT2D eigenvalue weighted by molar-refractivity contribution is 5.89. The van der Waals surface area contributed by atoms with E-state index in [4.69, 9.17) is 14.2 Å². The zero-order valence-electron chi connectivity index (χ0n) is 41.1. The van der Waals surface area contributed by atoms with Crippen LogP contribution in [0.1, 0.15) is 230 Å². The number of amides is 1. The van der Waals surface area contributed by atoms with Gasteiger partial charge in [-0.15, -0.1) is 0 Å². The van der Waals surface area contributed by atoms with E-state index >= 15 is 0 Å². The Hall–Kier alpha value is -2.60. The summed E-state index contributed by atoms with van der Waals surface area (Å²) in [5.74, 6) is -0.760. The Balaban J connectivity index is 1.85. The van der Waals surface area contributed by atoms with Crippen molar-refractivity contribution in [3.05, 3.63) is 60.2 Å². The molecule has 1 heterocycles. The highest BCUT2D eigenvalue weighted by Crippen LogP contribution is 2.23. The van der Waals surface area contributed by atoms with Crippen LogP contribution in [0.15, 0.2) is 54.6 Å². The van der Waals surface area contributed by atoms with Crippen molar-refractivity contribution in [1.82, 2.24) is 5.32 Å². The van der Waals surface area contributed by atoms with E-state index in [1.807, 2.05) is 12.1 Å². The topological polar surface area (TPSA) is 155 Å². The molecular weight excluding hydrogens is 819 g/mol. The molecule has 2 rings (SSSR count). The Morgan fingerprint density at radius 3 is 1.52 bits per heavy atom. The van der Waals surface area contributed by atoms with Gasteiger partial charge >= 0.3 is 5.97 Å². The third-order valence-electron chi connectivity index (χ3n) is 12.7. The van der Waals surface area contributed by atoms with Crippen LogP contribution in [-0.4, -0.2) is 88.4 Å². The third-order valence-corrected chi connectivity index (χ3v) is 12.7. The Morgan fingerprint density at radius 2 is 1.05 bits per heavy atom. The van der Waals surface area contributed by atoms with Crippen molar-refractivity contribution >= 4 is 11.9 Å². The van der Waals surface area contributed by atoms with Gasteiger partial charge in [0, 0.05) is 6.42 Å². The molecule has 10 heteroatoms. The summed E-state index contributed by atoms with van der Waals surface area (Å²) in [7, 11) is 0. The van der Waals surface area contributed by atoms with E-state index < -0.39 is 55.4 Å². The molecular formula is C55H95NO9. The zero-order chi connectivity index (χ0) is 47.0. The minimum absolute atomic E-state index is 0.208. The average Bonchev–Trinajstić information content (AvgIpc) is 3.31. The van der Waals surface area contributed by atoms with Gasteiger partial charge in [-0.05, 0) is 63.2 Å². The molecule has 1 aromatic rings. The summed E-state index contributed by atoms with van der Waals surface area (Å²) in [6.07, 6.45) is 38.6. The van der Waals surface area contributed by atoms with Crippen LogP contribution in [0, 0.1) is 0 Å². The van der Waals surface area contributed by atoms with Crippen molar-refractivity contribution in [3.63, 3.8) is 0 Å². The van der Waals surface area contributed by atoms with Gasteiger partial charge in [-0.2, -0.15) is 0 Å². The van der Waals surface area contributed by atoms with Gasteiger partial charge in [0.1, 0.15) is 30.5 Å². The number of hydrogen-bond donors (Lipinski definition) is 5. The van der Waals surface area contributed by atoms with E-state index in [-0.39, 0.29) is 12.5 Å². The van der Waals surface area contributed by atoms with Gasteiger partial charge in [0.15, 0.2) is 6.29 Å². The molecule has 0 saturated carbocycles. The molecule has 0 aliphatic carbocycles. The van der Waals surface area contributed by atoms with Crippen molar-refractivity contribution in [2.75, 3.05) is 13.2 Å². The third kappa shape index (κ3) is 29.0. The van der Waals surface area contributed by atoms with Gasteiger partial charge in [0.25, 0.3) is 0 Å². The van der Waals surface area contributed by atoms with Crippen molar-refractivity contribution < 1.29 is 44.2 Å². The number of carbonyl (C=O) groups excluding carboxylic acids is 2. The molecule has 0 unspecified atom stereocenters.